The Balaban J connectivity index is 1.07. The Labute approximate surface area is 291 Å². The van der Waals surface area contributed by atoms with Crippen molar-refractivity contribution in [1.29, 1.82) is 0 Å². The average Bonchev–Trinajstić information content (AvgIpc) is 3.86. The molecule has 4 heterocycles. The molecule has 0 aliphatic carbocycles. The Bertz CT molecular complexity index is 3020. The predicted octanol–water partition coefficient (Wildman–Crippen LogP) is 12.4. The zero-order valence-electron chi connectivity index (χ0n) is 27.2. The van der Waals surface area contributed by atoms with Gasteiger partial charge >= 0.3 is 0 Å². The summed E-state index contributed by atoms with van der Waals surface area (Å²) in [5, 5.41) is 6.57. The largest absolute Gasteiger partial charge is 0.456 e. The Morgan fingerprint density at radius 2 is 0.863 bits per heavy atom. The minimum atomic E-state index is 0.688. The van der Waals surface area contributed by atoms with Crippen LogP contribution in [0.15, 0.2) is 173 Å². The Morgan fingerprint density at radius 1 is 0.353 bits per heavy atom. The molecule has 11 aromatic rings. The second-order valence-corrected chi connectivity index (χ2v) is 13.0. The van der Waals surface area contributed by atoms with Crippen LogP contribution in [-0.2, 0) is 0 Å². The lowest BCUT2D eigenvalue weighted by atomic mass is 10.0. The number of hydrogen-bond acceptors (Lipinski definition) is 4. The van der Waals surface area contributed by atoms with Crippen LogP contribution in [0.2, 0.25) is 0 Å². The van der Waals surface area contributed by atoms with Crippen LogP contribution in [0.5, 0.6) is 0 Å². The Kier molecular flexibility index (Phi) is 5.89. The summed E-state index contributed by atoms with van der Waals surface area (Å²) in [7, 11) is 0. The number of benzene rings is 7. The third kappa shape index (κ3) is 4.35. The highest BCUT2D eigenvalue weighted by atomic mass is 16.3. The molecule has 0 unspecified atom stereocenters. The minimum absolute atomic E-state index is 0.688. The van der Waals surface area contributed by atoms with Crippen LogP contribution in [-0.4, -0.2) is 14.5 Å². The summed E-state index contributed by atoms with van der Waals surface area (Å²) in [6.07, 6.45) is 0. The van der Waals surface area contributed by atoms with Crippen molar-refractivity contribution in [1.82, 2.24) is 14.5 Å². The van der Waals surface area contributed by atoms with Crippen molar-refractivity contribution in [3.63, 3.8) is 0 Å². The monoisotopic (exact) mass is 653 g/mol. The summed E-state index contributed by atoms with van der Waals surface area (Å²) in [5.74, 6) is 0.688. The molecule has 0 saturated heterocycles. The van der Waals surface area contributed by atoms with E-state index in [1.54, 1.807) is 0 Å². The number of rotatable bonds is 4. The number of aromatic nitrogens is 3. The van der Waals surface area contributed by atoms with Crippen molar-refractivity contribution in [3.8, 4) is 39.6 Å². The molecular formula is C46H27N3O2. The summed E-state index contributed by atoms with van der Waals surface area (Å²) in [5.41, 5.74) is 11.5. The van der Waals surface area contributed by atoms with Crippen LogP contribution in [0.1, 0.15) is 0 Å². The first-order valence-electron chi connectivity index (χ1n) is 17.1. The third-order valence-corrected chi connectivity index (χ3v) is 10.0. The minimum Gasteiger partial charge on any atom is -0.456 e. The van der Waals surface area contributed by atoms with Crippen LogP contribution in [0, 0.1) is 0 Å². The highest BCUT2D eigenvalue weighted by Gasteiger charge is 2.18. The van der Waals surface area contributed by atoms with E-state index in [0.717, 1.165) is 77.6 Å². The topological polar surface area (TPSA) is 57.0 Å². The number of furan rings is 2. The van der Waals surface area contributed by atoms with E-state index in [-0.39, 0.29) is 0 Å². The molecule has 51 heavy (non-hydrogen) atoms. The Hall–Kier alpha value is -6.98. The van der Waals surface area contributed by atoms with E-state index in [1.807, 2.05) is 54.6 Å². The fraction of sp³-hybridized carbons (Fsp3) is 0. The number of nitrogens with zero attached hydrogens (tertiary/aromatic N) is 3. The average molecular weight is 654 g/mol. The molecule has 5 heteroatoms. The van der Waals surface area contributed by atoms with Gasteiger partial charge < -0.3 is 13.4 Å². The van der Waals surface area contributed by atoms with Crippen molar-refractivity contribution < 1.29 is 8.83 Å². The molecule has 238 valence electrons. The van der Waals surface area contributed by atoms with E-state index in [1.165, 1.54) is 21.8 Å². The van der Waals surface area contributed by atoms with E-state index in [2.05, 4.69) is 114 Å². The van der Waals surface area contributed by atoms with E-state index in [4.69, 9.17) is 18.8 Å². The second-order valence-electron chi connectivity index (χ2n) is 13.0. The first kappa shape index (κ1) is 27.9. The standard InChI is InChI=1S/C46H27N3O2/c1-3-11-28(12-4-1)38-27-39(48-46(47-38)29-13-5-2-6-14-29)30-19-21-42-34(23-30)36-25-45-37(26-44(36)50-42)35-24-31(20-22-43(35)51-45)49-40-17-9-7-15-32(40)33-16-8-10-18-41(33)49/h1-27H. The van der Waals surface area contributed by atoms with Crippen molar-refractivity contribution in [3.05, 3.63) is 164 Å². The molecule has 0 N–H and O–H groups in total. The van der Waals surface area contributed by atoms with E-state index < -0.39 is 0 Å². The molecule has 5 nitrogen and oxygen atoms in total. The zero-order chi connectivity index (χ0) is 33.5. The van der Waals surface area contributed by atoms with Crippen LogP contribution in [0.4, 0.5) is 0 Å². The summed E-state index contributed by atoms with van der Waals surface area (Å²) in [4.78, 5) is 10.0. The molecule has 0 radical (unpaired) electrons. The molecule has 0 amide bonds. The first-order chi connectivity index (χ1) is 25.2. The van der Waals surface area contributed by atoms with Gasteiger partial charge in [-0.25, -0.2) is 9.97 Å². The lowest BCUT2D eigenvalue weighted by Gasteiger charge is -2.09. The van der Waals surface area contributed by atoms with Gasteiger partial charge in [-0.1, -0.05) is 97.1 Å². The first-order valence-corrected chi connectivity index (χ1v) is 17.1. The molecule has 4 aromatic heterocycles. The van der Waals surface area contributed by atoms with Gasteiger partial charge in [0, 0.05) is 54.7 Å². The molecule has 0 atom stereocenters. The molecule has 0 spiro atoms. The normalized spacial score (nSPS) is 11.9. The molecule has 11 rings (SSSR count). The maximum Gasteiger partial charge on any atom is 0.160 e. The van der Waals surface area contributed by atoms with Crippen molar-refractivity contribution in [2.45, 2.75) is 0 Å². The van der Waals surface area contributed by atoms with Gasteiger partial charge in [0.25, 0.3) is 0 Å². The second kappa shape index (κ2) is 10.8. The lowest BCUT2D eigenvalue weighted by molar-refractivity contribution is 0.664. The smallest absolute Gasteiger partial charge is 0.160 e. The Morgan fingerprint density at radius 3 is 1.51 bits per heavy atom. The van der Waals surface area contributed by atoms with Crippen LogP contribution in [0.25, 0.3) is 105 Å². The molecule has 0 aliphatic heterocycles. The van der Waals surface area contributed by atoms with Crippen LogP contribution < -0.4 is 0 Å². The molecule has 0 bridgehead atoms. The van der Waals surface area contributed by atoms with Gasteiger partial charge in [0.15, 0.2) is 5.82 Å². The fourth-order valence-corrected chi connectivity index (χ4v) is 7.60. The molecule has 0 saturated carbocycles. The number of para-hydroxylation sites is 2. The van der Waals surface area contributed by atoms with Gasteiger partial charge in [-0.2, -0.15) is 0 Å². The quantitative estimate of drug-likeness (QED) is 0.190. The fourth-order valence-electron chi connectivity index (χ4n) is 7.60. The van der Waals surface area contributed by atoms with Gasteiger partial charge in [0.05, 0.1) is 22.4 Å². The van der Waals surface area contributed by atoms with Gasteiger partial charge in [0.2, 0.25) is 0 Å². The predicted molar refractivity (Wildman–Crippen MR) is 207 cm³/mol. The number of hydrogen-bond donors (Lipinski definition) is 0. The molecule has 0 aliphatic rings. The summed E-state index contributed by atoms with van der Waals surface area (Å²) >= 11 is 0. The molecule has 0 fully saturated rings. The zero-order valence-corrected chi connectivity index (χ0v) is 27.2. The maximum absolute atomic E-state index is 6.50. The SMILES string of the molecule is c1ccc(-c2cc(-c3ccc4oc5cc6c(cc5c4c3)oc3ccc(-n4c5ccccc5c5ccccc54)cc36)nc(-c3ccccc3)n2)cc1. The lowest BCUT2D eigenvalue weighted by Crippen LogP contribution is -1.95. The van der Waals surface area contributed by atoms with Gasteiger partial charge in [-0.05, 0) is 66.7 Å². The summed E-state index contributed by atoms with van der Waals surface area (Å²) < 4.78 is 15.3. The van der Waals surface area contributed by atoms with E-state index >= 15 is 0 Å². The van der Waals surface area contributed by atoms with Crippen molar-refractivity contribution >= 4 is 65.7 Å². The van der Waals surface area contributed by atoms with E-state index in [9.17, 15) is 0 Å². The van der Waals surface area contributed by atoms with Gasteiger partial charge in [-0.15, -0.1) is 0 Å². The molecular weight excluding hydrogens is 627 g/mol. The van der Waals surface area contributed by atoms with Gasteiger partial charge in [0.1, 0.15) is 22.3 Å². The third-order valence-electron chi connectivity index (χ3n) is 10.0. The summed E-state index contributed by atoms with van der Waals surface area (Å²) in [6.45, 7) is 0. The highest BCUT2D eigenvalue weighted by molar-refractivity contribution is 6.16. The maximum atomic E-state index is 6.50. The van der Waals surface area contributed by atoms with Crippen LogP contribution >= 0.6 is 0 Å². The van der Waals surface area contributed by atoms with E-state index in [0.29, 0.717) is 5.82 Å². The van der Waals surface area contributed by atoms with Crippen LogP contribution in [0.3, 0.4) is 0 Å². The highest BCUT2D eigenvalue weighted by Crippen LogP contribution is 2.40. The van der Waals surface area contributed by atoms with Gasteiger partial charge in [-0.3, -0.25) is 0 Å². The van der Waals surface area contributed by atoms with Crippen molar-refractivity contribution in [2.75, 3.05) is 0 Å². The molecule has 7 aromatic carbocycles. The number of fused-ring (bicyclic) bond motifs is 9. The van der Waals surface area contributed by atoms with Crippen molar-refractivity contribution in [2.24, 2.45) is 0 Å². The summed E-state index contributed by atoms with van der Waals surface area (Å²) in [6, 6.07) is 56.6.